The van der Waals surface area contributed by atoms with Gasteiger partial charge < -0.3 is 16.2 Å². The van der Waals surface area contributed by atoms with Gasteiger partial charge in [-0.15, -0.1) is 0 Å². The molecule has 6 nitrogen and oxygen atoms in total. The molecule has 0 aromatic heterocycles. The number of anilines is 1. The molecule has 0 atom stereocenters. The number of carbonyl (C=O) groups excluding carboxylic acids is 1. The van der Waals surface area contributed by atoms with Crippen molar-refractivity contribution in [1.29, 1.82) is 0 Å². The van der Waals surface area contributed by atoms with Crippen LogP contribution >= 0.6 is 0 Å². The van der Waals surface area contributed by atoms with Gasteiger partial charge in [0.25, 0.3) is 0 Å². The van der Waals surface area contributed by atoms with E-state index in [1.807, 2.05) is 48.5 Å². The van der Waals surface area contributed by atoms with Crippen molar-refractivity contribution in [3.05, 3.63) is 54.1 Å². The number of carboxylic acids is 1. The van der Waals surface area contributed by atoms with E-state index in [9.17, 15) is 9.59 Å². The minimum Gasteiger partial charge on any atom is -1.00 e. The molecule has 0 radical (unpaired) electrons. The summed E-state index contributed by atoms with van der Waals surface area (Å²) in [5, 5.41) is 11.9. The van der Waals surface area contributed by atoms with Gasteiger partial charge in [-0.3, -0.25) is 10.1 Å². The fourth-order valence-electron chi connectivity index (χ4n) is 5.03. The molecular weight excluding hydrogens is 459 g/mol. The van der Waals surface area contributed by atoms with Gasteiger partial charge in [-0.2, -0.15) is 0 Å². The van der Waals surface area contributed by atoms with Gasteiger partial charge in [-0.05, 0) is 75.7 Å². The first-order chi connectivity index (χ1) is 17.5. The number of carbonyl (C=O) groups is 2. The van der Waals surface area contributed by atoms with Crippen LogP contribution in [0.2, 0.25) is 0 Å². The summed E-state index contributed by atoms with van der Waals surface area (Å²) in [5.41, 5.74) is 3.61. The predicted molar refractivity (Wildman–Crippen MR) is 146 cm³/mol. The Morgan fingerprint density at radius 1 is 1.03 bits per heavy atom. The number of benzene rings is 2. The maximum absolute atomic E-state index is 12.9. The SMILES string of the molecule is CCCCCCN(C)C1CCC(OC(=O)Nc2cc(CCCC(=O)O)ccc2-c2ccccc2)CC1.[H-].[Li+]. The van der Waals surface area contributed by atoms with E-state index in [1.165, 1.54) is 25.7 Å². The molecule has 0 spiro atoms. The third kappa shape index (κ3) is 10.6. The van der Waals surface area contributed by atoms with E-state index < -0.39 is 12.1 Å². The first-order valence-electron chi connectivity index (χ1n) is 13.5. The first kappa shape index (κ1) is 31.0. The monoisotopic (exact) mass is 502 g/mol. The molecule has 3 rings (SSSR count). The molecule has 0 saturated heterocycles. The number of nitrogens with one attached hydrogen (secondary N) is 1. The number of nitrogens with zero attached hydrogens (tertiary/aromatic N) is 1. The smallest absolute Gasteiger partial charge is 1.00 e. The number of carboxylic acid groups (broad SMARTS) is 1. The fraction of sp³-hybridized carbons (Fsp3) is 0.533. The Kier molecular flexibility index (Phi) is 13.8. The van der Waals surface area contributed by atoms with Crippen molar-refractivity contribution in [1.82, 2.24) is 4.90 Å². The van der Waals surface area contributed by atoms with Crippen LogP contribution < -0.4 is 24.2 Å². The molecule has 7 heteroatoms. The Morgan fingerprint density at radius 2 is 1.76 bits per heavy atom. The van der Waals surface area contributed by atoms with Crippen LogP contribution in [0.5, 0.6) is 0 Å². The summed E-state index contributed by atoms with van der Waals surface area (Å²) in [4.78, 5) is 26.2. The Hall–Kier alpha value is -2.26. The number of aliphatic carboxylic acids is 1. The van der Waals surface area contributed by atoms with Crippen molar-refractivity contribution >= 4 is 17.7 Å². The van der Waals surface area contributed by atoms with E-state index in [2.05, 4.69) is 24.2 Å². The van der Waals surface area contributed by atoms with Crippen LogP contribution in [0.25, 0.3) is 11.1 Å². The molecule has 37 heavy (non-hydrogen) atoms. The van der Waals surface area contributed by atoms with Gasteiger partial charge in [0.15, 0.2) is 0 Å². The molecule has 1 saturated carbocycles. The molecule has 1 aliphatic carbocycles. The van der Waals surface area contributed by atoms with Gasteiger partial charge in [0.05, 0.1) is 5.69 Å². The quantitative estimate of drug-likeness (QED) is 0.316. The third-order valence-corrected chi connectivity index (χ3v) is 7.17. The van der Waals surface area contributed by atoms with Crippen molar-refractivity contribution in [3.63, 3.8) is 0 Å². The van der Waals surface area contributed by atoms with E-state index >= 15 is 0 Å². The van der Waals surface area contributed by atoms with Crippen molar-refractivity contribution < 1.29 is 39.7 Å². The van der Waals surface area contributed by atoms with E-state index in [0.717, 1.165) is 48.9 Å². The number of amides is 1. The van der Waals surface area contributed by atoms with Crippen LogP contribution in [-0.2, 0) is 16.0 Å². The zero-order valence-electron chi connectivity index (χ0n) is 23.9. The Labute approximate surface area is 235 Å². The van der Waals surface area contributed by atoms with Crippen LogP contribution in [0.4, 0.5) is 10.5 Å². The molecule has 2 N–H and O–H groups in total. The van der Waals surface area contributed by atoms with Crippen molar-refractivity contribution in [3.8, 4) is 11.1 Å². The molecule has 0 bridgehead atoms. The van der Waals surface area contributed by atoms with Crippen LogP contribution in [0.3, 0.4) is 0 Å². The topological polar surface area (TPSA) is 78.9 Å². The number of rotatable bonds is 13. The van der Waals surface area contributed by atoms with Gasteiger partial charge >= 0.3 is 30.9 Å². The normalized spacial score (nSPS) is 17.2. The molecular formula is C30H43LiN2O4. The molecule has 1 amide bonds. The third-order valence-electron chi connectivity index (χ3n) is 7.17. The van der Waals surface area contributed by atoms with Crippen LogP contribution in [0, 0.1) is 0 Å². The van der Waals surface area contributed by atoms with Crippen molar-refractivity contribution in [2.45, 2.75) is 89.7 Å². The Bertz CT molecular complexity index is 968. The van der Waals surface area contributed by atoms with Crippen LogP contribution in [0.15, 0.2) is 48.5 Å². The molecule has 2 aromatic rings. The van der Waals surface area contributed by atoms with Crippen LogP contribution in [-0.4, -0.2) is 47.8 Å². The molecule has 0 unspecified atom stereocenters. The zero-order chi connectivity index (χ0) is 25.8. The minimum absolute atomic E-state index is 0. The largest absolute Gasteiger partial charge is 1.00 e. The standard InChI is InChI=1S/C30H42N2O4.Li.H/c1-3-4-5-9-21-32(2)25-16-18-26(19-17-25)36-30(35)31-28-22-23(11-10-14-29(33)34)15-20-27(28)24-12-7-6-8-13-24;;/h6-8,12-13,15,20,22,25-26H,3-5,9-11,14,16-19,21H2,1-2H3,(H,31,35)(H,33,34);;/q;+1;-1. The number of hydrogen-bond donors (Lipinski definition) is 2. The molecule has 1 aliphatic rings. The zero-order valence-corrected chi connectivity index (χ0v) is 22.9. The molecule has 2 aromatic carbocycles. The van der Waals surface area contributed by atoms with E-state index in [4.69, 9.17) is 9.84 Å². The minimum atomic E-state index is -0.796. The number of ether oxygens (including phenoxy) is 1. The van der Waals surface area contributed by atoms with E-state index in [0.29, 0.717) is 24.6 Å². The second-order valence-electron chi connectivity index (χ2n) is 10.00. The average Bonchev–Trinajstić information content (AvgIpc) is 2.87. The van der Waals surface area contributed by atoms with E-state index in [1.54, 1.807) is 0 Å². The second-order valence-corrected chi connectivity index (χ2v) is 10.00. The summed E-state index contributed by atoms with van der Waals surface area (Å²) < 4.78 is 5.83. The maximum Gasteiger partial charge on any atom is 1.00 e. The summed E-state index contributed by atoms with van der Waals surface area (Å²) in [7, 11) is 2.22. The predicted octanol–water partition coefficient (Wildman–Crippen LogP) is 4.25. The summed E-state index contributed by atoms with van der Waals surface area (Å²) in [6.45, 7) is 3.38. The summed E-state index contributed by atoms with van der Waals surface area (Å²) >= 11 is 0. The van der Waals surface area contributed by atoms with Crippen molar-refractivity contribution in [2.24, 2.45) is 0 Å². The Balaban J connectivity index is 0.00000361. The van der Waals surface area contributed by atoms with Gasteiger partial charge in [0.2, 0.25) is 0 Å². The van der Waals surface area contributed by atoms with E-state index in [-0.39, 0.29) is 32.8 Å². The molecule has 1 fully saturated rings. The fourth-order valence-corrected chi connectivity index (χ4v) is 5.03. The second kappa shape index (κ2) is 16.6. The van der Waals surface area contributed by atoms with Gasteiger partial charge in [0, 0.05) is 18.0 Å². The molecule has 0 heterocycles. The van der Waals surface area contributed by atoms with Gasteiger partial charge in [-0.1, -0.05) is 68.7 Å². The molecule has 0 aliphatic heterocycles. The first-order valence-corrected chi connectivity index (χ1v) is 13.5. The van der Waals surface area contributed by atoms with Gasteiger partial charge in [-0.25, -0.2) is 4.79 Å². The van der Waals surface area contributed by atoms with Crippen molar-refractivity contribution in [2.75, 3.05) is 18.9 Å². The number of hydrogen-bond acceptors (Lipinski definition) is 4. The number of unbranched alkanes of at least 4 members (excludes halogenated alkanes) is 3. The maximum atomic E-state index is 12.9. The summed E-state index contributed by atoms with van der Waals surface area (Å²) in [6, 6.07) is 16.4. The summed E-state index contributed by atoms with van der Waals surface area (Å²) in [5.74, 6) is -0.796. The molecule has 198 valence electrons. The van der Waals surface area contributed by atoms with Gasteiger partial charge in [0.1, 0.15) is 6.10 Å². The summed E-state index contributed by atoms with van der Waals surface area (Å²) in [6.07, 6.45) is 9.83. The van der Waals surface area contributed by atoms with Crippen LogP contribution in [0.1, 0.15) is 78.1 Å². The Morgan fingerprint density at radius 3 is 2.43 bits per heavy atom. The number of aryl methyl sites for hydroxylation is 1. The average molecular weight is 503 g/mol.